The van der Waals surface area contributed by atoms with Gasteiger partial charge in [0.15, 0.2) is 0 Å². The molecule has 0 fully saturated rings. The van der Waals surface area contributed by atoms with Crippen molar-refractivity contribution in [2.24, 2.45) is 5.92 Å². The minimum Gasteiger partial charge on any atom is -0.396 e. The first kappa shape index (κ1) is 17.9. The van der Waals surface area contributed by atoms with Crippen molar-refractivity contribution in [1.82, 2.24) is 10.3 Å². The highest BCUT2D eigenvalue weighted by atomic mass is 35.5. The first-order chi connectivity index (χ1) is 9.74. The Morgan fingerprint density at radius 1 is 1.43 bits per heavy atom. The van der Waals surface area contributed by atoms with Gasteiger partial charge in [-0.1, -0.05) is 39.3 Å². The fraction of sp³-hybridized carbons (Fsp3) is 0.625. The fourth-order valence-electron chi connectivity index (χ4n) is 1.86. The first-order valence-electron chi connectivity index (χ1n) is 7.31. The van der Waals surface area contributed by atoms with E-state index in [0.717, 1.165) is 18.5 Å². The summed E-state index contributed by atoms with van der Waals surface area (Å²) in [5.41, 5.74) is 1.18. The van der Waals surface area contributed by atoms with Crippen molar-refractivity contribution >= 4 is 17.5 Å². The molecule has 1 unspecified atom stereocenters. The van der Waals surface area contributed by atoms with Crippen LogP contribution in [0.5, 0.6) is 0 Å². The highest BCUT2D eigenvalue weighted by Gasteiger charge is 2.18. The summed E-state index contributed by atoms with van der Waals surface area (Å²) in [5.74, 6) is 0.131. The van der Waals surface area contributed by atoms with Gasteiger partial charge in [0.1, 0.15) is 5.15 Å². The van der Waals surface area contributed by atoms with Crippen LogP contribution in [0.3, 0.4) is 0 Å². The molecule has 0 aliphatic rings. The van der Waals surface area contributed by atoms with E-state index in [4.69, 9.17) is 16.7 Å². The Hall–Kier alpha value is -1.13. The van der Waals surface area contributed by atoms with Crippen LogP contribution in [0.4, 0.5) is 0 Å². The highest BCUT2D eigenvalue weighted by Crippen LogP contribution is 2.23. The lowest BCUT2D eigenvalue weighted by atomic mass is 9.91. The monoisotopic (exact) mass is 312 g/mol. The second-order valence-electron chi connectivity index (χ2n) is 6.50. The molecule has 1 rings (SSSR count). The summed E-state index contributed by atoms with van der Waals surface area (Å²) < 4.78 is 0. The SMILES string of the molecule is CC(CO)CCCNC(=O)c1cc(Cl)nc(C(C)(C)C)c1. The molecule has 0 saturated heterocycles. The Morgan fingerprint density at radius 3 is 2.67 bits per heavy atom. The molecule has 1 aromatic rings. The number of carbonyl (C=O) groups is 1. The van der Waals surface area contributed by atoms with Crippen LogP contribution in [0.2, 0.25) is 5.15 Å². The second kappa shape index (κ2) is 7.76. The lowest BCUT2D eigenvalue weighted by Gasteiger charge is -2.18. The normalized spacial score (nSPS) is 13.0. The van der Waals surface area contributed by atoms with E-state index in [1.54, 1.807) is 12.1 Å². The summed E-state index contributed by atoms with van der Waals surface area (Å²) in [6.45, 7) is 8.85. The molecule has 0 aromatic carbocycles. The molecule has 0 aliphatic carbocycles. The minimum absolute atomic E-state index is 0.138. The summed E-state index contributed by atoms with van der Waals surface area (Å²) in [7, 11) is 0. The zero-order valence-corrected chi connectivity index (χ0v) is 14.0. The van der Waals surface area contributed by atoms with Crippen molar-refractivity contribution in [2.75, 3.05) is 13.2 Å². The van der Waals surface area contributed by atoms with E-state index < -0.39 is 0 Å². The summed E-state index contributed by atoms with van der Waals surface area (Å²) in [5, 5.41) is 12.2. The second-order valence-corrected chi connectivity index (χ2v) is 6.89. The molecular weight excluding hydrogens is 288 g/mol. The molecule has 4 nitrogen and oxygen atoms in total. The lowest BCUT2D eigenvalue weighted by molar-refractivity contribution is 0.0952. The number of rotatable bonds is 6. The number of amides is 1. The van der Waals surface area contributed by atoms with Crippen LogP contribution in [0, 0.1) is 5.92 Å². The number of halogens is 1. The number of hydrogen-bond acceptors (Lipinski definition) is 3. The molecule has 1 atom stereocenters. The van der Waals surface area contributed by atoms with E-state index in [2.05, 4.69) is 10.3 Å². The molecule has 2 N–H and O–H groups in total. The van der Waals surface area contributed by atoms with Gasteiger partial charge in [0.25, 0.3) is 5.91 Å². The molecule has 0 saturated carbocycles. The quantitative estimate of drug-likeness (QED) is 0.626. The summed E-state index contributed by atoms with van der Waals surface area (Å²) in [6, 6.07) is 3.38. The van der Waals surface area contributed by atoms with Crippen LogP contribution in [-0.4, -0.2) is 29.1 Å². The van der Waals surface area contributed by atoms with Crippen LogP contribution in [0.15, 0.2) is 12.1 Å². The van der Waals surface area contributed by atoms with Crippen molar-refractivity contribution in [3.63, 3.8) is 0 Å². The van der Waals surface area contributed by atoms with Gasteiger partial charge >= 0.3 is 0 Å². The number of nitrogens with zero attached hydrogens (tertiary/aromatic N) is 1. The number of aliphatic hydroxyl groups is 1. The van der Waals surface area contributed by atoms with Crippen LogP contribution in [-0.2, 0) is 5.41 Å². The van der Waals surface area contributed by atoms with E-state index in [9.17, 15) is 4.79 Å². The number of hydrogen-bond donors (Lipinski definition) is 2. The average molecular weight is 313 g/mol. The molecule has 1 aromatic heterocycles. The first-order valence-corrected chi connectivity index (χ1v) is 7.69. The summed E-state index contributed by atoms with van der Waals surface area (Å²) >= 11 is 6.00. The number of nitrogens with one attached hydrogen (secondary N) is 1. The van der Waals surface area contributed by atoms with Crippen LogP contribution in [0.1, 0.15) is 56.6 Å². The predicted octanol–water partition coefficient (Wildman–Crippen LogP) is 3.17. The molecule has 0 spiro atoms. The van der Waals surface area contributed by atoms with Crippen molar-refractivity contribution in [3.05, 3.63) is 28.5 Å². The van der Waals surface area contributed by atoms with Crippen molar-refractivity contribution in [1.29, 1.82) is 0 Å². The topological polar surface area (TPSA) is 62.2 Å². The molecule has 21 heavy (non-hydrogen) atoms. The zero-order chi connectivity index (χ0) is 16.0. The maximum Gasteiger partial charge on any atom is 0.251 e. The van der Waals surface area contributed by atoms with Gasteiger partial charge < -0.3 is 10.4 Å². The number of carbonyl (C=O) groups excluding carboxylic acids is 1. The Kier molecular flexibility index (Phi) is 6.62. The Morgan fingerprint density at radius 2 is 2.10 bits per heavy atom. The zero-order valence-electron chi connectivity index (χ0n) is 13.2. The summed E-state index contributed by atoms with van der Waals surface area (Å²) in [4.78, 5) is 16.4. The smallest absolute Gasteiger partial charge is 0.251 e. The van der Waals surface area contributed by atoms with Crippen LogP contribution >= 0.6 is 11.6 Å². The average Bonchev–Trinajstić information content (AvgIpc) is 2.41. The fourth-order valence-corrected chi connectivity index (χ4v) is 2.07. The third kappa shape index (κ3) is 6.02. The lowest BCUT2D eigenvalue weighted by Crippen LogP contribution is -2.26. The molecular formula is C16H25ClN2O2. The molecule has 0 radical (unpaired) electrons. The molecule has 5 heteroatoms. The number of pyridine rings is 1. The Balaban J connectivity index is 2.64. The van der Waals surface area contributed by atoms with E-state index in [-0.39, 0.29) is 23.8 Å². The summed E-state index contributed by atoms with van der Waals surface area (Å²) in [6.07, 6.45) is 1.74. The van der Waals surface area contributed by atoms with Gasteiger partial charge in [-0.25, -0.2) is 4.98 Å². The van der Waals surface area contributed by atoms with Gasteiger partial charge in [-0.05, 0) is 30.9 Å². The molecule has 1 amide bonds. The molecule has 0 aliphatic heterocycles. The molecule has 0 bridgehead atoms. The Labute approximate surface area is 131 Å². The third-order valence-electron chi connectivity index (χ3n) is 3.30. The maximum atomic E-state index is 12.1. The van der Waals surface area contributed by atoms with E-state index in [0.29, 0.717) is 17.3 Å². The molecule has 118 valence electrons. The van der Waals surface area contributed by atoms with Gasteiger partial charge in [-0.2, -0.15) is 0 Å². The number of aliphatic hydroxyl groups excluding tert-OH is 1. The van der Waals surface area contributed by atoms with E-state index >= 15 is 0 Å². The van der Waals surface area contributed by atoms with Gasteiger partial charge in [0.2, 0.25) is 0 Å². The van der Waals surface area contributed by atoms with Crippen LogP contribution in [0.25, 0.3) is 0 Å². The predicted molar refractivity (Wildman–Crippen MR) is 85.8 cm³/mol. The largest absolute Gasteiger partial charge is 0.396 e. The van der Waals surface area contributed by atoms with Gasteiger partial charge in [-0.3, -0.25) is 4.79 Å². The third-order valence-corrected chi connectivity index (χ3v) is 3.49. The Bertz CT molecular complexity index is 484. The number of aromatic nitrogens is 1. The molecule has 1 heterocycles. The van der Waals surface area contributed by atoms with Crippen molar-refractivity contribution < 1.29 is 9.90 Å². The maximum absolute atomic E-state index is 12.1. The van der Waals surface area contributed by atoms with E-state index in [1.807, 2.05) is 27.7 Å². The van der Waals surface area contributed by atoms with Gasteiger partial charge in [-0.15, -0.1) is 0 Å². The van der Waals surface area contributed by atoms with Gasteiger partial charge in [0, 0.05) is 29.8 Å². The highest BCUT2D eigenvalue weighted by molar-refractivity contribution is 6.29. The van der Waals surface area contributed by atoms with Crippen molar-refractivity contribution in [2.45, 2.75) is 46.0 Å². The van der Waals surface area contributed by atoms with Gasteiger partial charge in [0.05, 0.1) is 0 Å². The van der Waals surface area contributed by atoms with Crippen LogP contribution < -0.4 is 5.32 Å². The standard InChI is InChI=1S/C16H25ClN2O2/c1-11(10-20)6-5-7-18-15(21)12-8-13(16(2,3)4)19-14(17)9-12/h8-9,11,20H,5-7,10H2,1-4H3,(H,18,21). The minimum atomic E-state index is -0.156. The van der Waals surface area contributed by atoms with E-state index in [1.165, 1.54) is 0 Å². The van der Waals surface area contributed by atoms with Crippen molar-refractivity contribution in [3.8, 4) is 0 Å².